The Bertz CT molecular complexity index is 168. The Kier molecular flexibility index (Phi) is 2.31. The third kappa shape index (κ3) is 1.73. The van der Waals surface area contributed by atoms with Crippen LogP contribution in [-0.2, 0) is 0 Å². The van der Waals surface area contributed by atoms with E-state index in [0.29, 0.717) is 0 Å². The fourth-order valence-corrected chi connectivity index (χ4v) is 1.26. The SMILES string of the molecule is CC(C)=C1C=C[C@@H](C)CC1. The average molecular weight is 136 g/mol. The van der Waals surface area contributed by atoms with Gasteiger partial charge in [-0.3, -0.25) is 0 Å². The van der Waals surface area contributed by atoms with Crippen molar-refractivity contribution in [2.45, 2.75) is 33.6 Å². The van der Waals surface area contributed by atoms with Crippen LogP contribution in [0.2, 0.25) is 0 Å². The van der Waals surface area contributed by atoms with Gasteiger partial charge < -0.3 is 0 Å². The van der Waals surface area contributed by atoms with Gasteiger partial charge in [0.2, 0.25) is 0 Å². The van der Waals surface area contributed by atoms with Gasteiger partial charge >= 0.3 is 0 Å². The Morgan fingerprint density at radius 3 is 2.60 bits per heavy atom. The molecule has 1 atom stereocenters. The lowest BCUT2D eigenvalue weighted by atomic mass is 9.92. The Morgan fingerprint density at radius 1 is 1.50 bits per heavy atom. The van der Waals surface area contributed by atoms with Gasteiger partial charge in [0.05, 0.1) is 0 Å². The maximum absolute atomic E-state index is 2.31. The normalized spacial score (nSPS) is 25.1. The summed E-state index contributed by atoms with van der Waals surface area (Å²) in [5, 5.41) is 0. The molecule has 0 radical (unpaired) electrons. The number of allylic oxidation sites excluding steroid dienone is 4. The molecule has 0 heterocycles. The summed E-state index contributed by atoms with van der Waals surface area (Å²) in [5.41, 5.74) is 3.02. The quantitative estimate of drug-likeness (QED) is 0.479. The van der Waals surface area contributed by atoms with Crippen molar-refractivity contribution in [1.29, 1.82) is 0 Å². The van der Waals surface area contributed by atoms with E-state index in [1.54, 1.807) is 0 Å². The largest absolute Gasteiger partial charge is 0.0814 e. The van der Waals surface area contributed by atoms with E-state index in [-0.39, 0.29) is 0 Å². The average Bonchev–Trinajstić information content (AvgIpc) is 1.88. The molecule has 0 saturated carbocycles. The van der Waals surface area contributed by atoms with Crippen molar-refractivity contribution < 1.29 is 0 Å². The lowest BCUT2D eigenvalue weighted by Crippen LogP contribution is -1.97. The third-order valence-corrected chi connectivity index (χ3v) is 2.14. The van der Waals surface area contributed by atoms with Gasteiger partial charge in [0.15, 0.2) is 0 Å². The Morgan fingerprint density at radius 2 is 2.20 bits per heavy atom. The highest BCUT2D eigenvalue weighted by atomic mass is 14.1. The molecule has 0 heteroatoms. The van der Waals surface area contributed by atoms with Gasteiger partial charge in [0, 0.05) is 0 Å². The standard InChI is InChI=1S/C10H16/c1-8(2)10-6-4-9(3)5-7-10/h4,6,9H,5,7H2,1-3H3/t9-/m1/s1. The zero-order valence-corrected chi connectivity index (χ0v) is 7.15. The van der Waals surface area contributed by atoms with Crippen LogP contribution < -0.4 is 0 Å². The van der Waals surface area contributed by atoms with Crippen LogP contribution in [0.1, 0.15) is 33.6 Å². The molecule has 0 spiro atoms. The summed E-state index contributed by atoms with van der Waals surface area (Å²) < 4.78 is 0. The molecule has 1 rings (SSSR count). The molecule has 1 aliphatic carbocycles. The first kappa shape index (κ1) is 7.59. The summed E-state index contributed by atoms with van der Waals surface area (Å²) in [4.78, 5) is 0. The van der Waals surface area contributed by atoms with Crippen LogP contribution in [0.3, 0.4) is 0 Å². The summed E-state index contributed by atoms with van der Waals surface area (Å²) in [5.74, 6) is 0.795. The van der Waals surface area contributed by atoms with Crippen molar-refractivity contribution in [3.8, 4) is 0 Å². The Labute approximate surface area is 63.6 Å². The second-order valence-corrected chi connectivity index (χ2v) is 3.40. The molecule has 0 bridgehead atoms. The minimum absolute atomic E-state index is 0.795. The smallest absolute Gasteiger partial charge is 0.0256 e. The van der Waals surface area contributed by atoms with E-state index in [1.807, 2.05) is 0 Å². The summed E-state index contributed by atoms with van der Waals surface area (Å²) in [6.45, 7) is 6.66. The fraction of sp³-hybridized carbons (Fsp3) is 0.600. The molecule has 0 saturated heterocycles. The van der Waals surface area contributed by atoms with Crippen molar-refractivity contribution in [2.75, 3.05) is 0 Å². The van der Waals surface area contributed by atoms with Gasteiger partial charge in [0.1, 0.15) is 0 Å². The van der Waals surface area contributed by atoms with Crippen LogP contribution in [-0.4, -0.2) is 0 Å². The van der Waals surface area contributed by atoms with E-state index >= 15 is 0 Å². The molecule has 0 aromatic heterocycles. The molecular formula is C10H16. The van der Waals surface area contributed by atoms with E-state index in [0.717, 1.165) is 5.92 Å². The minimum Gasteiger partial charge on any atom is -0.0814 e. The van der Waals surface area contributed by atoms with Gasteiger partial charge in [0.25, 0.3) is 0 Å². The van der Waals surface area contributed by atoms with E-state index in [1.165, 1.54) is 24.0 Å². The van der Waals surface area contributed by atoms with Crippen LogP contribution in [0.5, 0.6) is 0 Å². The summed E-state index contributed by atoms with van der Waals surface area (Å²) in [7, 11) is 0. The fourth-order valence-electron chi connectivity index (χ4n) is 1.26. The van der Waals surface area contributed by atoms with Gasteiger partial charge in [-0.25, -0.2) is 0 Å². The van der Waals surface area contributed by atoms with E-state index in [4.69, 9.17) is 0 Å². The van der Waals surface area contributed by atoms with Gasteiger partial charge in [-0.05, 0) is 38.2 Å². The van der Waals surface area contributed by atoms with Crippen molar-refractivity contribution in [3.63, 3.8) is 0 Å². The molecule has 0 aromatic carbocycles. The van der Waals surface area contributed by atoms with E-state index in [2.05, 4.69) is 32.9 Å². The predicted octanol–water partition coefficient (Wildman–Crippen LogP) is 3.31. The van der Waals surface area contributed by atoms with E-state index in [9.17, 15) is 0 Å². The molecule has 0 unspecified atom stereocenters. The van der Waals surface area contributed by atoms with Gasteiger partial charge in [-0.2, -0.15) is 0 Å². The summed E-state index contributed by atoms with van der Waals surface area (Å²) >= 11 is 0. The van der Waals surface area contributed by atoms with E-state index < -0.39 is 0 Å². The van der Waals surface area contributed by atoms with Crippen molar-refractivity contribution in [2.24, 2.45) is 5.92 Å². The first-order valence-corrected chi connectivity index (χ1v) is 4.04. The van der Waals surface area contributed by atoms with Crippen molar-refractivity contribution >= 4 is 0 Å². The van der Waals surface area contributed by atoms with Crippen molar-refractivity contribution in [3.05, 3.63) is 23.3 Å². The molecule has 0 aliphatic heterocycles. The number of hydrogen-bond acceptors (Lipinski definition) is 0. The lowest BCUT2D eigenvalue weighted by Gasteiger charge is -2.14. The molecule has 0 N–H and O–H groups in total. The summed E-state index contributed by atoms with van der Waals surface area (Å²) in [6, 6.07) is 0. The Hall–Kier alpha value is -0.520. The molecular weight excluding hydrogens is 120 g/mol. The molecule has 1 aliphatic rings. The maximum Gasteiger partial charge on any atom is -0.0256 e. The van der Waals surface area contributed by atoms with Crippen LogP contribution in [0.4, 0.5) is 0 Å². The summed E-state index contributed by atoms with van der Waals surface area (Å²) in [6.07, 6.45) is 7.20. The van der Waals surface area contributed by atoms with Gasteiger partial charge in [-0.1, -0.05) is 24.6 Å². The Balaban J connectivity index is 2.71. The second-order valence-electron chi connectivity index (χ2n) is 3.40. The zero-order valence-electron chi connectivity index (χ0n) is 7.15. The second kappa shape index (κ2) is 3.05. The van der Waals surface area contributed by atoms with Crippen LogP contribution >= 0.6 is 0 Å². The van der Waals surface area contributed by atoms with Crippen LogP contribution in [0.15, 0.2) is 23.3 Å². The van der Waals surface area contributed by atoms with Crippen LogP contribution in [0.25, 0.3) is 0 Å². The number of hydrogen-bond donors (Lipinski definition) is 0. The molecule has 0 amide bonds. The highest BCUT2D eigenvalue weighted by Crippen LogP contribution is 2.22. The number of rotatable bonds is 0. The molecule has 0 nitrogen and oxygen atoms in total. The predicted molar refractivity (Wildman–Crippen MR) is 45.9 cm³/mol. The molecule has 10 heavy (non-hydrogen) atoms. The first-order valence-electron chi connectivity index (χ1n) is 4.04. The zero-order chi connectivity index (χ0) is 7.56. The molecule has 0 aromatic rings. The van der Waals surface area contributed by atoms with Crippen LogP contribution in [0, 0.1) is 5.92 Å². The van der Waals surface area contributed by atoms with Crippen molar-refractivity contribution in [1.82, 2.24) is 0 Å². The third-order valence-electron chi connectivity index (χ3n) is 2.14. The topological polar surface area (TPSA) is 0 Å². The minimum atomic E-state index is 0.795. The van der Waals surface area contributed by atoms with Gasteiger partial charge in [-0.15, -0.1) is 0 Å². The lowest BCUT2D eigenvalue weighted by molar-refractivity contribution is 0.628. The molecule has 0 fully saturated rings. The molecule has 56 valence electrons. The first-order chi connectivity index (χ1) is 4.70. The highest BCUT2D eigenvalue weighted by molar-refractivity contribution is 5.26. The maximum atomic E-state index is 2.31. The monoisotopic (exact) mass is 136 g/mol. The highest BCUT2D eigenvalue weighted by Gasteiger charge is 2.05.